The largest absolute Gasteiger partial charge is 0.311 e. The van der Waals surface area contributed by atoms with E-state index in [9.17, 15) is 0 Å². The van der Waals surface area contributed by atoms with Crippen LogP contribution >= 0.6 is 15.9 Å². The summed E-state index contributed by atoms with van der Waals surface area (Å²) >= 11 is 3.55. The van der Waals surface area contributed by atoms with Crippen molar-refractivity contribution in [2.24, 2.45) is 13.0 Å². The summed E-state index contributed by atoms with van der Waals surface area (Å²) in [5.74, 6) is 0.617. The van der Waals surface area contributed by atoms with Gasteiger partial charge in [-0.2, -0.15) is 5.10 Å². The first-order valence-electron chi connectivity index (χ1n) is 5.46. The topological polar surface area (TPSA) is 29.9 Å². The Labute approximate surface area is 100 Å². The summed E-state index contributed by atoms with van der Waals surface area (Å²) < 4.78 is 3.03. The third-order valence-corrected chi connectivity index (χ3v) is 3.47. The van der Waals surface area contributed by atoms with Crippen LogP contribution < -0.4 is 5.32 Å². The molecular weight excluding hydrogens is 254 g/mol. The first-order valence-corrected chi connectivity index (χ1v) is 6.25. The van der Waals surface area contributed by atoms with Gasteiger partial charge in [-0.25, -0.2) is 0 Å². The second-order valence-corrected chi connectivity index (χ2v) is 4.89. The first kappa shape index (κ1) is 12.7. The van der Waals surface area contributed by atoms with Gasteiger partial charge in [0.1, 0.15) is 0 Å². The van der Waals surface area contributed by atoms with Crippen molar-refractivity contribution in [3.63, 3.8) is 0 Å². The van der Waals surface area contributed by atoms with Crippen LogP contribution in [0.25, 0.3) is 0 Å². The average molecular weight is 274 g/mol. The SMILES string of the molecule is CCCC(C)C(NC)c1c(Br)cnn1C. The first-order chi connectivity index (χ1) is 7.11. The highest BCUT2D eigenvalue weighted by atomic mass is 79.9. The van der Waals surface area contributed by atoms with Crippen LogP contribution in [0, 0.1) is 5.92 Å². The van der Waals surface area contributed by atoms with Crippen LogP contribution in [0.15, 0.2) is 10.7 Å². The summed E-state index contributed by atoms with van der Waals surface area (Å²) in [5.41, 5.74) is 1.23. The third-order valence-electron chi connectivity index (χ3n) is 2.86. The number of aryl methyl sites for hydroxylation is 1. The van der Waals surface area contributed by atoms with E-state index in [1.54, 1.807) is 0 Å². The van der Waals surface area contributed by atoms with E-state index >= 15 is 0 Å². The summed E-state index contributed by atoms with van der Waals surface area (Å²) in [6.45, 7) is 4.51. The van der Waals surface area contributed by atoms with Gasteiger partial charge < -0.3 is 5.32 Å². The number of hydrogen-bond acceptors (Lipinski definition) is 2. The molecule has 86 valence electrons. The second-order valence-electron chi connectivity index (χ2n) is 4.03. The van der Waals surface area contributed by atoms with Crippen molar-refractivity contribution in [3.05, 3.63) is 16.4 Å². The van der Waals surface area contributed by atoms with Crippen molar-refractivity contribution in [2.45, 2.75) is 32.7 Å². The fourth-order valence-electron chi connectivity index (χ4n) is 2.08. The predicted octanol–water partition coefficient (Wildman–Crippen LogP) is 2.88. The van der Waals surface area contributed by atoms with Crippen molar-refractivity contribution >= 4 is 15.9 Å². The zero-order valence-corrected chi connectivity index (χ0v) is 11.5. The van der Waals surface area contributed by atoms with Crippen LogP contribution in [0.1, 0.15) is 38.4 Å². The Bertz CT molecular complexity index is 289. The number of aromatic nitrogens is 2. The van der Waals surface area contributed by atoms with Crippen molar-refractivity contribution in [3.8, 4) is 0 Å². The molecule has 0 spiro atoms. The molecule has 2 unspecified atom stereocenters. The maximum atomic E-state index is 4.26. The molecule has 1 aromatic heterocycles. The van der Waals surface area contributed by atoms with Gasteiger partial charge in [-0.15, -0.1) is 0 Å². The van der Waals surface area contributed by atoms with Gasteiger partial charge >= 0.3 is 0 Å². The summed E-state index contributed by atoms with van der Waals surface area (Å²) in [6, 6.07) is 0.367. The second kappa shape index (κ2) is 5.66. The average Bonchev–Trinajstić information content (AvgIpc) is 2.51. The molecule has 2 atom stereocenters. The highest BCUT2D eigenvalue weighted by Crippen LogP contribution is 2.29. The lowest BCUT2D eigenvalue weighted by atomic mass is 9.94. The quantitative estimate of drug-likeness (QED) is 0.894. The van der Waals surface area contributed by atoms with Crippen LogP contribution in [0.4, 0.5) is 0 Å². The number of nitrogens with zero attached hydrogens (tertiary/aromatic N) is 2. The predicted molar refractivity (Wildman–Crippen MR) is 66.8 cm³/mol. The van der Waals surface area contributed by atoms with Crippen LogP contribution in [0.2, 0.25) is 0 Å². The molecule has 3 nitrogen and oxygen atoms in total. The van der Waals surface area contributed by atoms with Gasteiger partial charge in [0.25, 0.3) is 0 Å². The number of rotatable bonds is 5. The zero-order chi connectivity index (χ0) is 11.4. The molecule has 0 saturated carbocycles. The molecule has 1 N–H and O–H groups in total. The molecule has 0 fully saturated rings. The van der Waals surface area contributed by atoms with E-state index in [2.05, 4.69) is 40.2 Å². The maximum Gasteiger partial charge on any atom is 0.0694 e. The van der Waals surface area contributed by atoms with E-state index in [-0.39, 0.29) is 0 Å². The molecule has 4 heteroatoms. The Morgan fingerprint density at radius 3 is 2.67 bits per heavy atom. The van der Waals surface area contributed by atoms with Gasteiger partial charge in [-0.3, -0.25) is 4.68 Å². The molecule has 0 bridgehead atoms. The van der Waals surface area contributed by atoms with Gasteiger partial charge in [0, 0.05) is 7.05 Å². The molecule has 0 aliphatic heterocycles. The van der Waals surface area contributed by atoms with Crippen LogP contribution in [-0.2, 0) is 7.05 Å². The summed E-state index contributed by atoms with van der Waals surface area (Å²) in [4.78, 5) is 0. The fourth-order valence-corrected chi connectivity index (χ4v) is 2.68. The molecule has 0 amide bonds. The third kappa shape index (κ3) is 2.82. The molecule has 0 aromatic carbocycles. The van der Waals surface area contributed by atoms with Gasteiger partial charge in [0.05, 0.1) is 22.4 Å². The Kier molecular flexibility index (Phi) is 4.80. The smallest absolute Gasteiger partial charge is 0.0694 e. The Hall–Kier alpha value is -0.350. The monoisotopic (exact) mass is 273 g/mol. The van der Waals surface area contributed by atoms with E-state index in [1.165, 1.54) is 18.5 Å². The van der Waals surface area contributed by atoms with Crippen molar-refractivity contribution in [2.75, 3.05) is 7.05 Å². The van der Waals surface area contributed by atoms with Crippen molar-refractivity contribution < 1.29 is 0 Å². The van der Waals surface area contributed by atoms with Gasteiger partial charge in [-0.1, -0.05) is 20.3 Å². The molecule has 0 radical (unpaired) electrons. The van der Waals surface area contributed by atoms with Crippen molar-refractivity contribution in [1.82, 2.24) is 15.1 Å². The lowest BCUT2D eigenvalue weighted by molar-refractivity contribution is 0.365. The van der Waals surface area contributed by atoms with Crippen LogP contribution in [0.3, 0.4) is 0 Å². The Morgan fingerprint density at radius 2 is 2.27 bits per heavy atom. The summed E-state index contributed by atoms with van der Waals surface area (Å²) in [5, 5.41) is 7.64. The standard InChI is InChI=1S/C11H20BrN3/c1-5-6-8(2)10(13-3)11-9(12)7-14-15(11)4/h7-8,10,13H,5-6H2,1-4H3. The maximum absolute atomic E-state index is 4.26. The number of halogens is 1. The van der Waals surface area contributed by atoms with E-state index in [0.717, 1.165) is 4.47 Å². The van der Waals surface area contributed by atoms with Crippen molar-refractivity contribution in [1.29, 1.82) is 0 Å². The van der Waals surface area contributed by atoms with Gasteiger partial charge in [0.15, 0.2) is 0 Å². The molecule has 0 aliphatic rings. The zero-order valence-electron chi connectivity index (χ0n) is 9.92. The van der Waals surface area contributed by atoms with E-state index in [0.29, 0.717) is 12.0 Å². The van der Waals surface area contributed by atoms with Gasteiger partial charge in [-0.05, 0) is 35.3 Å². The van der Waals surface area contributed by atoms with E-state index < -0.39 is 0 Å². The minimum Gasteiger partial charge on any atom is -0.311 e. The van der Waals surface area contributed by atoms with E-state index in [1.807, 2.05) is 25.0 Å². The molecule has 1 rings (SSSR count). The molecule has 0 saturated heterocycles. The lowest BCUT2D eigenvalue weighted by Gasteiger charge is -2.24. The van der Waals surface area contributed by atoms with Gasteiger partial charge in [0.2, 0.25) is 0 Å². The van der Waals surface area contributed by atoms with E-state index in [4.69, 9.17) is 0 Å². The number of nitrogens with one attached hydrogen (secondary N) is 1. The minimum atomic E-state index is 0.367. The summed E-state index contributed by atoms with van der Waals surface area (Å²) in [6.07, 6.45) is 4.30. The summed E-state index contributed by atoms with van der Waals surface area (Å²) in [7, 11) is 4.00. The molecule has 1 aromatic rings. The normalized spacial score (nSPS) is 15.3. The fraction of sp³-hybridized carbons (Fsp3) is 0.727. The van der Waals surface area contributed by atoms with Crippen LogP contribution in [-0.4, -0.2) is 16.8 Å². The highest BCUT2D eigenvalue weighted by Gasteiger charge is 2.22. The Morgan fingerprint density at radius 1 is 1.60 bits per heavy atom. The lowest BCUT2D eigenvalue weighted by Crippen LogP contribution is -2.26. The minimum absolute atomic E-state index is 0.367. The molecule has 15 heavy (non-hydrogen) atoms. The molecular formula is C11H20BrN3. The van der Waals surface area contributed by atoms with Crippen LogP contribution in [0.5, 0.6) is 0 Å². The molecule has 0 aliphatic carbocycles. The Balaban J connectivity index is 2.91. The highest BCUT2D eigenvalue weighted by molar-refractivity contribution is 9.10. The molecule has 1 heterocycles. The number of hydrogen-bond donors (Lipinski definition) is 1.